The predicted molar refractivity (Wildman–Crippen MR) is 102 cm³/mol. The molecule has 6 nitrogen and oxygen atoms in total. The summed E-state index contributed by atoms with van der Waals surface area (Å²) in [6, 6.07) is 8.09. The van der Waals surface area contributed by atoms with Crippen LogP contribution in [0.15, 0.2) is 29.3 Å². The van der Waals surface area contributed by atoms with E-state index in [4.69, 9.17) is 0 Å². The second-order valence-corrected chi connectivity index (χ2v) is 7.07. The van der Waals surface area contributed by atoms with Crippen molar-refractivity contribution in [2.45, 2.75) is 45.2 Å². The van der Waals surface area contributed by atoms with Crippen LogP contribution in [-0.2, 0) is 4.79 Å². The van der Waals surface area contributed by atoms with Crippen molar-refractivity contribution >= 4 is 17.6 Å². The molecule has 0 radical (unpaired) electrons. The number of guanidine groups is 1. The number of hydrogen-bond acceptors (Lipinski definition) is 5. The Bertz CT molecular complexity index is 605. The van der Waals surface area contributed by atoms with Gasteiger partial charge in [0, 0.05) is 18.3 Å². The van der Waals surface area contributed by atoms with Crippen LogP contribution in [0.1, 0.15) is 44.7 Å². The van der Waals surface area contributed by atoms with E-state index < -0.39 is 0 Å². The zero-order valence-corrected chi connectivity index (χ0v) is 15.2. The molecule has 1 unspecified atom stereocenters. The fourth-order valence-corrected chi connectivity index (χ4v) is 3.44. The highest BCUT2D eigenvalue weighted by molar-refractivity contribution is 5.94. The smallest absolute Gasteiger partial charge is 0.242 e. The maximum Gasteiger partial charge on any atom is 0.242 e. The van der Waals surface area contributed by atoms with Crippen molar-refractivity contribution in [3.8, 4) is 0 Å². The lowest BCUT2D eigenvalue weighted by molar-refractivity contribution is -0.127. The van der Waals surface area contributed by atoms with Crippen molar-refractivity contribution in [2.75, 3.05) is 31.5 Å². The molecule has 1 saturated heterocycles. The number of piperidine rings is 1. The molecule has 1 aromatic carbocycles. The number of anilines is 1. The first kappa shape index (κ1) is 17.7. The Morgan fingerprint density at radius 3 is 2.48 bits per heavy atom. The first-order valence-electron chi connectivity index (χ1n) is 9.33. The normalized spacial score (nSPS) is 19.2. The largest absolute Gasteiger partial charge is 0.354 e. The van der Waals surface area contributed by atoms with E-state index in [9.17, 15) is 4.79 Å². The average molecular weight is 343 g/mol. The van der Waals surface area contributed by atoms with E-state index in [0.29, 0.717) is 0 Å². The van der Waals surface area contributed by atoms with Gasteiger partial charge in [-0.15, -0.1) is 0 Å². The van der Waals surface area contributed by atoms with E-state index in [2.05, 4.69) is 38.0 Å². The van der Waals surface area contributed by atoms with Crippen LogP contribution < -0.4 is 16.0 Å². The molecule has 1 fully saturated rings. The number of carbonyl (C=O) groups is 1. The van der Waals surface area contributed by atoms with Gasteiger partial charge in [-0.2, -0.15) is 0 Å². The summed E-state index contributed by atoms with van der Waals surface area (Å²) in [6.45, 7) is 7.68. The van der Waals surface area contributed by atoms with Crippen molar-refractivity contribution < 1.29 is 4.79 Å². The second kappa shape index (κ2) is 8.34. The summed E-state index contributed by atoms with van der Waals surface area (Å²) in [7, 11) is 0. The quantitative estimate of drug-likeness (QED) is 0.766. The molecular weight excluding hydrogens is 314 g/mol. The third-order valence-corrected chi connectivity index (χ3v) is 4.60. The van der Waals surface area contributed by atoms with Crippen LogP contribution in [-0.4, -0.2) is 49.0 Å². The van der Waals surface area contributed by atoms with Gasteiger partial charge in [-0.3, -0.25) is 14.7 Å². The summed E-state index contributed by atoms with van der Waals surface area (Å²) in [5.41, 5.74) is 2.03. The molecular formula is C19H29N5O. The first-order chi connectivity index (χ1) is 12.1. The van der Waals surface area contributed by atoms with E-state index in [1.807, 2.05) is 26.0 Å². The van der Waals surface area contributed by atoms with Gasteiger partial charge in [0.15, 0.2) is 5.96 Å². The zero-order valence-electron chi connectivity index (χ0n) is 15.2. The van der Waals surface area contributed by atoms with Crippen molar-refractivity contribution in [3.63, 3.8) is 0 Å². The number of carbonyl (C=O) groups excluding carboxylic acids is 1. The number of rotatable bonds is 5. The summed E-state index contributed by atoms with van der Waals surface area (Å²) < 4.78 is 0. The minimum absolute atomic E-state index is 0.0967. The number of likely N-dealkylation sites (tertiary alicyclic amines) is 1. The minimum atomic E-state index is -0.210. The van der Waals surface area contributed by atoms with Crippen molar-refractivity contribution in [1.82, 2.24) is 15.5 Å². The molecule has 2 aliphatic rings. The molecule has 6 heteroatoms. The lowest BCUT2D eigenvalue weighted by Crippen LogP contribution is -2.44. The Kier molecular flexibility index (Phi) is 5.91. The van der Waals surface area contributed by atoms with Gasteiger partial charge in [-0.1, -0.05) is 18.6 Å². The Morgan fingerprint density at radius 1 is 1.16 bits per heavy atom. The second-order valence-electron chi connectivity index (χ2n) is 7.07. The monoisotopic (exact) mass is 343 g/mol. The van der Waals surface area contributed by atoms with Gasteiger partial charge in [0.1, 0.15) is 6.04 Å². The Balaban J connectivity index is 1.75. The standard InChI is InChI=1S/C19H29N5O/c1-14(2)22-18(25)17(24-12-4-3-5-13-24)15-6-8-16(9-7-15)23-19-20-10-11-21-19/h6-9,14,17H,3-5,10-13H2,1-2H3,(H,22,25)(H2,20,21,23). The zero-order chi connectivity index (χ0) is 17.6. The number of nitrogens with one attached hydrogen (secondary N) is 3. The van der Waals surface area contributed by atoms with Crippen LogP contribution in [0, 0.1) is 0 Å². The van der Waals surface area contributed by atoms with Gasteiger partial charge in [0.2, 0.25) is 5.91 Å². The maximum atomic E-state index is 12.8. The average Bonchev–Trinajstić information content (AvgIpc) is 3.10. The van der Waals surface area contributed by atoms with Crippen molar-refractivity contribution in [1.29, 1.82) is 0 Å². The van der Waals surface area contributed by atoms with Crippen molar-refractivity contribution in [3.05, 3.63) is 29.8 Å². The van der Waals surface area contributed by atoms with E-state index in [0.717, 1.165) is 56.2 Å². The van der Waals surface area contributed by atoms with E-state index in [-0.39, 0.29) is 18.0 Å². The van der Waals surface area contributed by atoms with Crippen LogP contribution >= 0.6 is 0 Å². The molecule has 2 heterocycles. The van der Waals surface area contributed by atoms with Gasteiger partial charge in [0.25, 0.3) is 0 Å². The van der Waals surface area contributed by atoms with Crippen LogP contribution in [0.2, 0.25) is 0 Å². The molecule has 0 bridgehead atoms. The number of benzene rings is 1. The summed E-state index contributed by atoms with van der Waals surface area (Å²) in [5, 5.41) is 9.56. The SMILES string of the molecule is CC(C)NC(=O)C(c1ccc(NC2=NCCN2)cc1)N1CCCCC1. The highest BCUT2D eigenvalue weighted by atomic mass is 16.2. The highest BCUT2D eigenvalue weighted by Gasteiger charge is 2.29. The van der Waals surface area contributed by atoms with E-state index in [1.165, 1.54) is 6.42 Å². The molecule has 1 aromatic rings. The van der Waals surface area contributed by atoms with Gasteiger partial charge in [0.05, 0.1) is 6.54 Å². The molecule has 0 aliphatic carbocycles. The van der Waals surface area contributed by atoms with Crippen molar-refractivity contribution in [2.24, 2.45) is 4.99 Å². The molecule has 0 aromatic heterocycles. The molecule has 2 aliphatic heterocycles. The Morgan fingerprint density at radius 2 is 1.88 bits per heavy atom. The number of hydrogen-bond donors (Lipinski definition) is 3. The number of nitrogens with zero attached hydrogens (tertiary/aromatic N) is 2. The van der Waals surface area contributed by atoms with Crippen LogP contribution in [0.5, 0.6) is 0 Å². The minimum Gasteiger partial charge on any atom is -0.354 e. The summed E-state index contributed by atoms with van der Waals surface area (Å²) in [4.78, 5) is 19.5. The fraction of sp³-hybridized carbons (Fsp3) is 0.579. The first-order valence-corrected chi connectivity index (χ1v) is 9.33. The molecule has 1 amide bonds. The Labute approximate surface area is 150 Å². The summed E-state index contributed by atoms with van der Waals surface area (Å²) >= 11 is 0. The third-order valence-electron chi connectivity index (χ3n) is 4.60. The molecule has 1 atom stereocenters. The Hall–Kier alpha value is -2.08. The van der Waals surface area contributed by atoms with Crippen LogP contribution in [0.3, 0.4) is 0 Å². The third kappa shape index (κ3) is 4.72. The highest BCUT2D eigenvalue weighted by Crippen LogP contribution is 2.26. The molecule has 136 valence electrons. The fourth-order valence-electron chi connectivity index (χ4n) is 3.44. The van der Waals surface area contributed by atoms with Crippen LogP contribution in [0.25, 0.3) is 0 Å². The summed E-state index contributed by atoms with van der Waals surface area (Å²) in [5.74, 6) is 0.914. The van der Waals surface area contributed by atoms with E-state index >= 15 is 0 Å². The lowest BCUT2D eigenvalue weighted by atomic mass is 10.00. The van der Waals surface area contributed by atoms with Gasteiger partial charge >= 0.3 is 0 Å². The topological polar surface area (TPSA) is 68.8 Å². The molecule has 3 N–H and O–H groups in total. The number of amides is 1. The molecule has 25 heavy (non-hydrogen) atoms. The van der Waals surface area contributed by atoms with Gasteiger partial charge in [-0.05, 0) is 57.5 Å². The summed E-state index contributed by atoms with van der Waals surface area (Å²) in [6.07, 6.45) is 3.58. The van der Waals surface area contributed by atoms with Gasteiger partial charge in [-0.25, -0.2) is 0 Å². The predicted octanol–water partition coefficient (Wildman–Crippen LogP) is 2.11. The molecule has 0 saturated carbocycles. The number of aliphatic imine (C=N–C) groups is 1. The van der Waals surface area contributed by atoms with E-state index in [1.54, 1.807) is 0 Å². The van der Waals surface area contributed by atoms with Crippen LogP contribution in [0.4, 0.5) is 5.69 Å². The maximum absolute atomic E-state index is 12.8. The molecule has 0 spiro atoms. The lowest BCUT2D eigenvalue weighted by Gasteiger charge is -2.34. The molecule has 3 rings (SSSR count). The van der Waals surface area contributed by atoms with Gasteiger partial charge < -0.3 is 16.0 Å².